The maximum atomic E-state index is 11.4. The Morgan fingerprint density at radius 3 is 2.21 bits per heavy atom. The molecule has 0 spiro atoms. The van der Waals surface area contributed by atoms with Crippen molar-refractivity contribution in [3.05, 3.63) is 34.4 Å². The standard InChI is InChI=1S/C24H29ClO8/c1-31-21(17-13-5-10-4-11(7-13)8-14(17)6-10)12-2-3-15(25)16(9-12)32-24-20(28)18(26)19(27)22(33-24)23(29)30/h2-3,9-11,13-14,18-20,22,24,26-28H,4-8H2,1H3,(H,29,30). The summed E-state index contributed by atoms with van der Waals surface area (Å²) in [5.74, 6) is 2.16. The predicted octanol–water partition coefficient (Wildman–Crippen LogP) is 2.42. The maximum absolute atomic E-state index is 11.4. The lowest BCUT2D eigenvalue weighted by atomic mass is 9.54. The molecular weight excluding hydrogens is 452 g/mol. The van der Waals surface area contributed by atoms with Gasteiger partial charge in [0.15, 0.2) is 6.10 Å². The molecule has 1 saturated heterocycles. The first-order valence-electron chi connectivity index (χ1n) is 11.4. The van der Waals surface area contributed by atoms with E-state index in [1.165, 1.54) is 37.7 Å². The first kappa shape index (κ1) is 22.9. The highest BCUT2D eigenvalue weighted by Gasteiger charge is 2.49. The van der Waals surface area contributed by atoms with Crippen molar-refractivity contribution in [2.75, 3.05) is 7.11 Å². The van der Waals surface area contributed by atoms with Crippen LogP contribution in [0.25, 0.3) is 5.76 Å². The van der Waals surface area contributed by atoms with Gasteiger partial charge >= 0.3 is 5.97 Å². The fourth-order valence-electron chi connectivity index (χ4n) is 6.47. The van der Waals surface area contributed by atoms with E-state index in [0.717, 1.165) is 23.2 Å². The van der Waals surface area contributed by atoms with Crippen molar-refractivity contribution >= 4 is 23.3 Å². The molecule has 1 aromatic rings. The number of rotatable bonds is 5. The Morgan fingerprint density at radius 1 is 1.00 bits per heavy atom. The first-order chi connectivity index (χ1) is 15.8. The van der Waals surface area contributed by atoms with E-state index in [4.69, 9.17) is 25.8 Å². The van der Waals surface area contributed by atoms with Crippen LogP contribution in [0.5, 0.6) is 5.75 Å². The van der Waals surface area contributed by atoms with E-state index in [-0.39, 0.29) is 10.8 Å². The highest BCUT2D eigenvalue weighted by Crippen LogP contribution is 2.58. The number of carboxylic acids is 1. The number of hydrogen-bond donors (Lipinski definition) is 4. The molecule has 4 aliphatic carbocycles. The average molecular weight is 481 g/mol. The molecular formula is C24H29ClO8. The molecule has 0 amide bonds. The van der Waals surface area contributed by atoms with E-state index in [1.54, 1.807) is 19.2 Å². The second-order valence-corrected chi connectivity index (χ2v) is 10.2. The van der Waals surface area contributed by atoms with Gasteiger partial charge < -0.3 is 34.6 Å². The number of allylic oxidation sites excluding steroid dienone is 1. The third kappa shape index (κ3) is 4.02. The maximum Gasteiger partial charge on any atom is 0.335 e. The second-order valence-electron chi connectivity index (χ2n) is 9.79. The lowest BCUT2D eigenvalue weighted by Crippen LogP contribution is -2.61. The number of hydrogen-bond acceptors (Lipinski definition) is 7. The van der Waals surface area contributed by atoms with Gasteiger partial charge in [-0.15, -0.1) is 0 Å². The lowest BCUT2D eigenvalue weighted by Gasteiger charge is -2.51. The monoisotopic (exact) mass is 480 g/mol. The summed E-state index contributed by atoms with van der Waals surface area (Å²) < 4.78 is 16.9. The van der Waals surface area contributed by atoms with Gasteiger partial charge in [-0.05, 0) is 79.5 Å². The van der Waals surface area contributed by atoms with Gasteiger partial charge in [-0.1, -0.05) is 11.6 Å². The van der Waals surface area contributed by atoms with Gasteiger partial charge in [-0.3, -0.25) is 0 Å². The Labute approximate surface area is 196 Å². The van der Waals surface area contributed by atoms with Crippen LogP contribution in [0.2, 0.25) is 5.02 Å². The zero-order chi connectivity index (χ0) is 23.4. The highest BCUT2D eigenvalue weighted by atomic mass is 35.5. The Bertz CT molecular complexity index is 932. The molecule has 0 aromatic heterocycles. The number of benzene rings is 1. The number of ether oxygens (including phenoxy) is 3. The Hall–Kier alpha value is -1.84. The molecule has 5 unspecified atom stereocenters. The van der Waals surface area contributed by atoms with E-state index in [0.29, 0.717) is 11.8 Å². The van der Waals surface area contributed by atoms with Crippen molar-refractivity contribution in [1.82, 2.24) is 0 Å². The van der Waals surface area contributed by atoms with Crippen LogP contribution in [0.15, 0.2) is 23.8 Å². The minimum atomic E-state index is -1.79. The number of aliphatic carboxylic acids is 1. The molecule has 5 aliphatic rings. The molecule has 4 saturated carbocycles. The van der Waals surface area contributed by atoms with Crippen molar-refractivity contribution in [3.8, 4) is 5.75 Å². The van der Waals surface area contributed by atoms with E-state index in [2.05, 4.69) is 0 Å². The number of methoxy groups -OCH3 is 1. The largest absolute Gasteiger partial charge is 0.496 e. The molecule has 5 fully saturated rings. The van der Waals surface area contributed by atoms with Gasteiger partial charge in [-0.25, -0.2) is 4.79 Å². The number of carbonyl (C=O) groups is 1. The summed E-state index contributed by atoms with van der Waals surface area (Å²) in [6, 6.07) is 5.18. The van der Waals surface area contributed by atoms with Gasteiger partial charge in [0.1, 0.15) is 29.8 Å². The van der Waals surface area contributed by atoms with Gasteiger partial charge in [-0.2, -0.15) is 0 Å². The number of aliphatic hydroxyl groups excluding tert-OH is 3. The fraction of sp³-hybridized carbons (Fsp3) is 0.625. The summed E-state index contributed by atoms with van der Waals surface area (Å²) in [6.07, 6.45) is -2.34. The molecule has 4 N–H and O–H groups in total. The van der Waals surface area contributed by atoms with Crippen molar-refractivity contribution in [2.24, 2.45) is 23.7 Å². The zero-order valence-corrected chi connectivity index (χ0v) is 19.0. The van der Waals surface area contributed by atoms with Crippen LogP contribution in [-0.4, -0.2) is 64.2 Å². The van der Waals surface area contributed by atoms with E-state index in [1.807, 2.05) is 6.07 Å². The summed E-state index contributed by atoms with van der Waals surface area (Å²) in [5, 5.41) is 39.7. The molecule has 5 atom stereocenters. The first-order valence-corrected chi connectivity index (χ1v) is 11.8. The molecule has 4 bridgehead atoms. The minimum absolute atomic E-state index is 0.157. The van der Waals surface area contributed by atoms with Crippen LogP contribution in [-0.2, 0) is 14.3 Å². The van der Waals surface area contributed by atoms with E-state index < -0.39 is 36.7 Å². The van der Waals surface area contributed by atoms with E-state index in [9.17, 15) is 25.2 Å². The third-order valence-corrected chi connectivity index (χ3v) is 8.05. The highest BCUT2D eigenvalue weighted by molar-refractivity contribution is 6.32. The van der Waals surface area contributed by atoms with Crippen molar-refractivity contribution in [1.29, 1.82) is 0 Å². The molecule has 9 heteroatoms. The molecule has 6 rings (SSSR count). The lowest BCUT2D eigenvalue weighted by molar-refractivity contribution is -0.271. The Morgan fingerprint density at radius 2 is 1.64 bits per heavy atom. The number of carboxylic acid groups (broad SMARTS) is 1. The zero-order valence-electron chi connectivity index (χ0n) is 18.3. The van der Waals surface area contributed by atoms with Gasteiger partial charge in [0.2, 0.25) is 6.29 Å². The molecule has 8 nitrogen and oxygen atoms in total. The molecule has 180 valence electrons. The van der Waals surface area contributed by atoms with Gasteiger partial charge in [0, 0.05) is 5.56 Å². The minimum Gasteiger partial charge on any atom is -0.496 e. The average Bonchev–Trinajstić information content (AvgIpc) is 2.77. The molecule has 1 aromatic carbocycles. The van der Waals surface area contributed by atoms with Crippen LogP contribution in [0, 0.1) is 23.7 Å². The SMILES string of the molecule is COC(=C1C2CC3CC(C2)CC1C3)c1ccc(Cl)c(OC2OC(C(=O)O)C(O)C(O)C2O)c1. The topological polar surface area (TPSA) is 126 Å². The molecule has 33 heavy (non-hydrogen) atoms. The van der Waals surface area contributed by atoms with Crippen LogP contribution >= 0.6 is 11.6 Å². The summed E-state index contributed by atoms with van der Waals surface area (Å²) in [7, 11) is 1.66. The number of aliphatic hydroxyl groups is 3. The van der Waals surface area contributed by atoms with Crippen molar-refractivity contribution in [2.45, 2.75) is 62.8 Å². The number of halogens is 1. The quantitative estimate of drug-likeness (QED) is 0.473. The summed E-state index contributed by atoms with van der Waals surface area (Å²) in [4.78, 5) is 11.4. The molecule has 1 aliphatic heterocycles. The molecule has 1 heterocycles. The summed E-state index contributed by atoms with van der Waals surface area (Å²) >= 11 is 6.33. The van der Waals surface area contributed by atoms with Crippen LogP contribution in [0.4, 0.5) is 0 Å². The smallest absolute Gasteiger partial charge is 0.335 e. The van der Waals surface area contributed by atoms with Gasteiger partial charge in [0.25, 0.3) is 0 Å². The predicted molar refractivity (Wildman–Crippen MR) is 117 cm³/mol. The third-order valence-electron chi connectivity index (χ3n) is 7.73. The van der Waals surface area contributed by atoms with Gasteiger partial charge in [0.05, 0.1) is 12.1 Å². The molecule has 0 radical (unpaired) electrons. The summed E-state index contributed by atoms with van der Waals surface area (Å²) in [5.41, 5.74) is 2.14. The van der Waals surface area contributed by atoms with E-state index >= 15 is 0 Å². The van der Waals surface area contributed by atoms with Crippen LogP contribution in [0.3, 0.4) is 0 Å². The fourth-order valence-corrected chi connectivity index (χ4v) is 6.64. The van der Waals surface area contributed by atoms with Crippen molar-refractivity contribution in [3.63, 3.8) is 0 Å². The van der Waals surface area contributed by atoms with Crippen molar-refractivity contribution < 1.29 is 39.4 Å². The Balaban J connectivity index is 1.44. The van der Waals surface area contributed by atoms with Crippen LogP contribution in [0.1, 0.15) is 37.7 Å². The normalized spacial score (nSPS) is 39.4. The Kier molecular flexibility index (Phi) is 6.07. The van der Waals surface area contributed by atoms with Crippen LogP contribution < -0.4 is 4.74 Å². The second kappa shape index (κ2) is 8.74. The summed E-state index contributed by atoms with van der Waals surface area (Å²) in [6.45, 7) is 0.